The van der Waals surface area contributed by atoms with Crippen LogP contribution in [0.3, 0.4) is 0 Å². The molecule has 2 aromatic heterocycles. The molecule has 1 N–H and O–H groups in total. The maximum atomic E-state index is 4.48. The van der Waals surface area contributed by atoms with E-state index in [0.717, 1.165) is 11.5 Å². The number of thiazole rings is 1. The molecule has 1 unspecified atom stereocenters. The van der Waals surface area contributed by atoms with Crippen LogP contribution in [0.2, 0.25) is 0 Å². The third-order valence-electron chi connectivity index (χ3n) is 3.37. The monoisotopic (exact) mass is 251 g/mol. The van der Waals surface area contributed by atoms with Crippen molar-refractivity contribution >= 4 is 22.2 Å². The van der Waals surface area contributed by atoms with Gasteiger partial charge in [-0.25, -0.2) is 4.52 Å². The van der Waals surface area contributed by atoms with Gasteiger partial charge in [-0.15, -0.1) is 16.4 Å². The van der Waals surface area contributed by atoms with Crippen LogP contribution in [0.1, 0.15) is 24.5 Å². The molecule has 3 rings (SSSR count). The number of likely N-dealkylation sites (tertiary alicyclic amines) is 1. The number of hydrogen-bond acceptors (Lipinski definition) is 5. The number of piperidine rings is 1. The molecule has 1 fully saturated rings. The fraction of sp³-hybridized carbons (Fsp3) is 0.636. The van der Waals surface area contributed by atoms with Crippen molar-refractivity contribution in [3.05, 3.63) is 11.1 Å². The van der Waals surface area contributed by atoms with Gasteiger partial charge in [0, 0.05) is 24.9 Å². The van der Waals surface area contributed by atoms with Gasteiger partial charge in [0.1, 0.15) is 0 Å². The molecule has 6 heteroatoms. The fourth-order valence-corrected chi connectivity index (χ4v) is 3.39. The maximum Gasteiger partial charge on any atom is 0.243 e. The zero-order chi connectivity index (χ0) is 11.8. The maximum absolute atomic E-state index is 4.48. The van der Waals surface area contributed by atoms with Crippen LogP contribution in [0, 0.1) is 0 Å². The van der Waals surface area contributed by atoms with Crippen molar-refractivity contribution in [1.29, 1.82) is 0 Å². The van der Waals surface area contributed by atoms with Gasteiger partial charge in [0.2, 0.25) is 10.9 Å². The van der Waals surface area contributed by atoms with E-state index in [-0.39, 0.29) is 0 Å². The van der Waals surface area contributed by atoms with Gasteiger partial charge in [0.15, 0.2) is 0 Å². The summed E-state index contributed by atoms with van der Waals surface area (Å²) in [6.45, 7) is 2.34. The lowest BCUT2D eigenvalue weighted by Crippen LogP contribution is -2.31. The lowest BCUT2D eigenvalue weighted by atomic mass is 9.96. The number of aromatic nitrogens is 3. The highest BCUT2D eigenvalue weighted by Crippen LogP contribution is 2.29. The van der Waals surface area contributed by atoms with E-state index >= 15 is 0 Å². The number of likely N-dealkylation sites (N-methyl/N-ethyl adjacent to an activating group) is 1. The first-order valence-corrected chi connectivity index (χ1v) is 6.86. The second-order valence-electron chi connectivity index (χ2n) is 4.64. The molecule has 5 nitrogen and oxygen atoms in total. The Morgan fingerprint density at radius 3 is 3.18 bits per heavy atom. The molecule has 1 saturated heterocycles. The topological polar surface area (TPSA) is 45.5 Å². The van der Waals surface area contributed by atoms with E-state index < -0.39 is 0 Å². The Morgan fingerprint density at radius 2 is 2.41 bits per heavy atom. The number of hydrogen-bond donors (Lipinski definition) is 1. The Kier molecular flexibility index (Phi) is 2.76. The molecule has 0 aliphatic carbocycles. The highest BCUT2D eigenvalue weighted by molar-refractivity contribution is 7.15. The van der Waals surface area contributed by atoms with Gasteiger partial charge in [-0.1, -0.05) is 0 Å². The SMILES string of the molecule is CNc1nc2scc(C3CCCN(C)C3)n2n1. The van der Waals surface area contributed by atoms with Gasteiger partial charge in [-0.3, -0.25) is 0 Å². The van der Waals surface area contributed by atoms with Crippen molar-refractivity contribution in [3.8, 4) is 0 Å². The molecule has 0 spiro atoms. The summed E-state index contributed by atoms with van der Waals surface area (Å²) < 4.78 is 2.00. The predicted molar refractivity (Wildman–Crippen MR) is 69.9 cm³/mol. The van der Waals surface area contributed by atoms with Crippen LogP contribution in [-0.2, 0) is 0 Å². The third-order valence-corrected chi connectivity index (χ3v) is 4.21. The largest absolute Gasteiger partial charge is 0.356 e. The van der Waals surface area contributed by atoms with E-state index in [1.54, 1.807) is 11.3 Å². The van der Waals surface area contributed by atoms with Gasteiger partial charge in [0.25, 0.3) is 0 Å². The van der Waals surface area contributed by atoms with Gasteiger partial charge in [0.05, 0.1) is 5.69 Å². The molecule has 17 heavy (non-hydrogen) atoms. The Hall–Kier alpha value is -1.14. The Labute approximate surface area is 104 Å². The molecular formula is C11H17N5S. The Morgan fingerprint density at radius 1 is 1.53 bits per heavy atom. The third kappa shape index (κ3) is 1.91. The minimum Gasteiger partial charge on any atom is -0.356 e. The van der Waals surface area contributed by atoms with Gasteiger partial charge >= 0.3 is 0 Å². The molecule has 1 atom stereocenters. The summed E-state index contributed by atoms with van der Waals surface area (Å²) in [5, 5.41) is 9.68. The number of rotatable bonds is 2. The summed E-state index contributed by atoms with van der Waals surface area (Å²) in [6.07, 6.45) is 2.52. The van der Waals surface area contributed by atoms with Crippen LogP contribution < -0.4 is 5.32 Å². The average molecular weight is 251 g/mol. The van der Waals surface area contributed by atoms with Crippen LogP contribution in [-0.4, -0.2) is 46.7 Å². The van der Waals surface area contributed by atoms with E-state index in [4.69, 9.17) is 0 Å². The first kappa shape index (κ1) is 11.0. The highest BCUT2D eigenvalue weighted by Gasteiger charge is 2.23. The number of anilines is 1. The summed E-state index contributed by atoms with van der Waals surface area (Å²) >= 11 is 1.68. The summed E-state index contributed by atoms with van der Waals surface area (Å²) in [5.41, 5.74) is 1.31. The number of fused-ring (bicyclic) bond motifs is 1. The quantitative estimate of drug-likeness (QED) is 0.881. The predicted octanol–water partition coefficient (Wildman–Crippen LogP) is 1.64. The standard InChI is InChI=1S/C11H17N5S/c1-12-10-13-11-16(14-10)9(7-17-11)8-4-3-5-15(2)6-8/h7-8H,3-6H2,1-2H3,(H,12,14). The molecule has 0 saturated carbocycles. The minimum absolute atomic E-state index is 0.592. The summed E-state index contributed by atoms with van der Waals surface area (Å²) in [4.78, 5) is 7.79. The van der Waals surface area contributed by atoms with E-state index in [9.17, 15) is 0 Å². The van der Waals surface area contributed by atoms with Crippen molar-refractivity contribution in [2.75, 3.05) is 32.5 Å². The molecular weight excluding hydrogens is 234 g/mol. The van der Waals surface area contributed by atoms with Crippen LogP contribution in [0.15, 0.2) is 5.38 Å². The highest BCUT2D eigenvalue weighted by atomic mass is 32.1. The van der Waals surface area contributed by atoms with Crippen molar-refractivity contribution in [1.82, 2.24) is 19.5 Å². The van der Waals surface area contributed by atoms with E-state index in [1.165, 1.54) is 25.1 Å². The average Bonchev–Trinajstić information content (AvgIpc) is 2.87. The molecule has 0 amide bonds. The smallest absolute Gasteiger partial charge is 0.243 e. The van der Waals surface area contributed by atoms with Crippen LogP contribution >= 0.6 is 11.3 Å². The summed E-state index contributed by atoms with van der Waals surface area (Å²) in [5.74, 6) is 1.30. The molecule has 0 bridgehead atoms. The first-order valence-electron chi connectivity index (χ1n) is 5.98. The first-order chi connectivity index (χ1) is 8.28. The molecule has 0 aromatic carbocycles. The fourth-order valence-electron chi connectivity index (χ4n) is 2.49. The van der Waals surface area contributed by atoms with Crippen molar-refractivity contribution in [2.45, 2.75) is 18.8 Å². The molecule has 1 aliphatic rings. The normalized spacial score (nSPS) is 22.1. The van der Waals surface area contributed by atoms with E-state index in [0.29, 0.717) is 11.9 Å². The molecule has 0 radical (unpaired) electrons. The van der Waals surface area contributed by atoms with Gasteiger partial charge in [-0.2, -0.15) is 4.98 Å². The van der Waals surface area contributed by atoms with Gasteiger partial charge in [-0.05, 0) is 26.4 Å². The summed E-state index contributed by atoms with van der Waals surface area (Å²) in [7, 11) is 4.05. The molecule has 2 aromatic rings. The Bertz CT molecular complexity index is 517. The van der Waals surface area contributed by atoms with Crippen LogP contribution in [0.5, 0.6) is 0 Å². The molecule has 92 valence electrons. The minimum atomic E-state index is 0.592. The second kappa shape index (κ2) is 4.27. The van der Waals surface area contributed by atoms with Crippen LogP contribution in [0.25, 0.3) is 4.96 Å². The second-order valence-corrected chi connectivity index (χ2v) is 5.48. The van der Waals surface area contributed by atoms with E-state index in [1.807, 2.05) is 11.6 Å². The number of nitrogens with zero attached hydrogens (tertiary/aromatic N) is 4. The van der Waals surface area contributed by atoms with Crippen LogP contribution in [0.4, 0.5) is 5.95 Å². The van der Waals surface area contributed by atoms with Crippen molar-refractivity contribution < 1.29 is 0 Å². The lowest BCUT2D eigenvalue weighted by molar-refractivity contribution is 0.247. The molecule has 3 heterocycles. The van der Waals surface area contributed by atoms with Crippen molar-refractivity contribution in [2.24, 2.45) is 0 Å². The van der Waals surface area contributed by atoms with Crippen molar-refractivity contribution in [3.63, 3.8) is 0 Å². The number of nitrogens with one attached hydrogen (secondary N) is 1. The summed E-state index contributed by atoms with van der Waals surface area (Å²) in [6, 6.07) is 0. The lowest BCUT2D eigenvalue weighted by Gasteiger charge is -2.28. The molecule has 1 aliphatic heterocycles. The zero-order valence-corrected chi connectivity index (χ0v) is 11.0. The zero-order valence-electron chi connectivity index (χ0n) is 10.2. The van der Waals surface area contributed by atoms with Gasteiger partial charge < -0.3 is 10.2 Å². The van der Waals surface area contributed by atoms with E-state index in [2.05, 4.69) is 32.7 Å². The Balaban J connectivity index is 1.95.